The predicted molar refractivity (Wildman–Crippen MR) is 161 cm³/mol. The van der Waals surface area contributed by atoms with Crippen molar-refractivity contribution in [2.45, 2.75) is 61.0 Å². The summed E-state index contributed by atoms with van der Waals surface area (Å²) < 4.78 is 77.9. The lowest BCUT2D eigenvalue weighted by molar-refractivity contribution is -0.120. The summed E-state index contributed by atoms with van der Waals surface area (Å²) in [6.07, 6.45) is 0.937. The number of ether oxygens (including phenoxy) is 1. The fraction of sp³-hybridized carbons (Fsp3) is 0.406. The second-order valence-electron chi connectivity index (χ2n) is 11.5. The zero-order chi connectivity index (χ0) is 31.5. The third kappa shape index (κ3) is 6.54. The van der Waals surface area contributed by atoms with Crippen molar-refractivity contribution in [1.82, 2.24) is 9.62 Å². The maximum atomic E-state index is 15.3. The molecule has 44 heavy (non-hydrogen) atoms. The fourth-order valence-electron chi connectivity index (χ4n) is 6.43. The van der Waals surface area contributed by atoms with Gasteiger partial charge in [0.25, 0.3) is 0 Å². The first kappa shape index (κ1) is 32.1. The molecule has 3 aromatic carbocycles. The highest BCUT2D eigenvalue weighted by molar-refractivity contribution is 7.89. The van der Waals surface area contributed by atoms with E-state index in [0.717, 1.165) is 6.07 Å². The number of rotatable bonds is 9. The van der Waals surface area contributed by atoms with Crippen LogP contribution < -0.4 is 16.4 Å². The van der Waals surface area contributed by atoms with Crippen LogP contribution in [-0.2, 0) is 31.4 Å². The number of hydrogen-bond acceptors (Lipinski definition) is 6. The molecule has 0 aromatic heterocycles. The van der Waals surface area contributed by atoms with Crippen molar-refractivity contribution in [3.8, 4) is 0 Å². The summed E-state index contributed by atoms with van der Waals surface area (Å²) >= 11 is 0. The molecule has 5 rings (SSSR count). The molecule has 0 unspecified atom stereocenters. The van der Waals surface area contributed by atoms with Crippen LogP contribution in [0.15, 0.2) is 71.6 Å². The Morgan fingerprint density at radius 2 is 1.73 bits per heavy atom. The van der Waals surface area contributed by atoms with Crippen molar-refractivity contribution in [3.05, 3.63) is 95.3 Å². The number of carbonyl (C=O) groups excluding carboxylic acids is 1. The molecule has 2 fully saturated rings. The van der Waals surface area contributed by atoms with Gasteiger partial charge < -0.3 is 21.1 Å². The molecule has 1 amide bonds. The molecule has 3 aromatic rings. The van der Waals surface area contributed by atoms with Gasteiger partial charge in [-0.05, 0) is 74.6 Å². The number of carbonyl (C=O) groups is 1. The average molecular weight is 631 g/mol. The number of anilines is 1. The summed E-state index contributed by atoms with van der Waals surface area (Å²) in [4.78, 5) is 13.8. The lowest BCUT2D eigenvalue weighted by Crippen LogP contribution is -2.58. The van der Waals surface area contributed by atoms with Crippen LogP contribution >= 0.6 is 0 Å². The van der Waals surface area contributed by atoms with E-state index < -0.39 is 50.9 Å². The molecule has 4 N–H and O–H groups in total. The summed E-state index contributed by atoms with van der Waals surface area (Å²) in [7, 11) is -3.82. The van der Waals surface area contributed by atoms with E-state index in [2.05, 4.69) is 10.6 Å². The number of nitrogens with two attached hydrogens (primary N) is 1. The fourth-order valence-corrected chi connectivity index (χ4v) is 8.30. The van der Waals surface area contributed by atoms with E-state index >= 15 is 4.39 Å². The van der Waals surface area contributed by atoms with Gasteiger partial charge >= 0.3 is 0 Å². The second kappa shape index (κ2) is 13.4. The molecule has 3 atom stereocenters. The highest BCUT2D eigenvalue weighted by Crippen LogP contribution is 2.39. The van der Waals surface area contributed by atoms with Gasteiger partial charge in [-0.15, -0.1) is 0 Å². The van der Waals surface area contributed by atoms with Gasteiger partial charge in [-0.1, -0.05) is 24.3 Å². The number of amides is 1. The zero-order valence-electron chi connectivity index (χ0n) is 24.4. The number of sulfonamides is 1. The van der Waals surface area contributed by atoms with E-state index in [1.54, 1.807) is 36.4 Å². The molecule has 0 bridgehead atoms. The van der Waals surface area contributed by atoms with Crippen LogP contribution in [0.3, 0.4) is 0 Å². The van der Waals surface area contributed by atoms with Crippen LogP contribution in [0, 0.1) is 17.5 Å². The SMILES string of the molecule is C[C@H]1CNC[C@H](CCc2c(F)cccc2NC(=O)[C@@H](N)C2(c3cc(F)cc(F)c3)CCOCC2)N1S(=O)(=O)c1ccccc1. The minimum atomic E-state index is -3.82. The van der Waals surface area contributed by atoms with Crippen molar-refractivity contribution >= 4 is 21.6 Å². The molecule has 0 aliphatic carbocycles. The van der Waals surface area contributed by atoms with Crippen molar-refractivity contribution in [2.75, 3.05) is 31.6 Å². The van der Waals surface area contributed by atoms with Crippen LogP contribution in [0.4, 0.5) is 18.9 Å². The Bertz CT molecular complexity index is 1570. The van der Waals surface area contributed by atoms with Crippen LogP contribution in [0.5, 0.6) is 0 Å². The first-order valence-corrected chi connectivity index (χ1v) is 16.1. The molecule has 236 valence electrons. The smallest absolute Gasteiger partial charge is 0.243 e. The van der Waals surface area contributed by atoms with E-state index in [9.17, 15) is 22.0 Å². The Morgan fingerprint density at radius 1 is 1.05 bits per heavy atom. The number of nitrogens with zero attached hydrogens (tertiary/aromatic N) is 1. The molecule has 0 radical (unpaired) electrons. The summed E-state index contributed by atoms with van der Waals surface area (Å²) in [5.74, 6) is -2.75. The first-order chi connectivity index (χ1) is 21.0. The van der Waals surface area contributed by atoms with E-state index in [4.69, 9.17) is 10.5 Å². The topological polar surface area (TPSA) is 114 Å². The van der Waals surface area contributed by atoms with E-state index in [-0.39, 0.29) is 66.6 Å². The Hall–Kier alpha value is -3.29. The molecule has 2 aliphatic heterocycles. The monoisotopic (exact) mass is 630 g/mol. The van der Waals surface area contributed by atoms with Gasteiger partial charge in [0, 0.05) is 61.1 Å². The summed E-state index contributed by atoms with van der Waals surface area (Å²) in [5.41, 5.74) is 6.11. The minimum Gasteiger partial charge on any atom is -0.381 e. The second-order valence-corrected chi connectivity index (χ2v) is 13.4. The van der Waals surface area contributed by atoms with E-state index in [1.165, 1.54) is 28.6 Å². The summed E-state index contributed by atoms with van der Waals surface area (Å²) in [6, 6.07) is 13.6. The molecule has 12 heteroatoms. The average Bonchev–Trinajstić information content (AvgIpc) is 3.00. The number of nitrogens with one attached hydrogen (secondary N) is 2. The van der Waals surface area contributed by atoms with Crippen LogP contribution in [0.25, 0.3) is 0 Å². The van der Waals surface area contributed by atoms with Gasteiger partial charge in [0.15, 0.2) is 0 Å². The molecule has 0 spiro atoms. The van der Waals surface area contributed by atoms with Crippen LogP contribution in [-0.4, -0.2) is 63.1 Å². The van der Waals surface area contributed by atoms with Crippen molar-refractivity contribution < 1.29 is 31.1 Å². The number of halogens is 3. The third-order valence-corrected chi connectivity index (χ3v) is 10.8. The van der Waals surface area contributed by atoms with Gasteiger partial charge in [0.05, 0.1) is 10.9 Å². The molecule has 2 saturated heterocycles. The largest absolute Gasteiger partial charge is 0.381 e. The first-order valence-electron chi connectivity index (χ1n) is 14.7. The van der Waals surface area contributed by atoms with E-state index in [0.29, 0.717) is 13.1 Å². The number of hydrogen-bond donors (Lipinski definition) is 3. The lowest BCUT2D eigenvalue weighted by Gasteiger charge is -2.41. The minimum absolute atomic E-state index is 0.130. The van der Waals surface area contributed by atoms with Crippen molar-refractivity contribution in [1.29, 1.82) is 0 Å². The standard InChI is InChI=1S/C32H37F3N4O4S/c1-21-19-37-20-25(39(21)44(41,42)26-6-3-2-4-7-26)10-11-27-28(35)8-5-9-29(27)38-31(40)30(36)32(12-14-43-15-13-32)22-16-23(33)18-24(34)17-22/h2-9,16-18,21,25,30,37H,10-15,19-20,36H2,1H3,(H,38,40)/t21-,25-,30+/m0/s1. The Balaban J connectivity index is 1.38. The molecule has 2 heterocycles. The number of piperazine rings is 1. The maximum absolute atomic E-state index is 15.3. The molecular formula is C32H37F3N4O4S. The number of benzene rings is 3. The normalized spacial score (nSPS) is 21.5. The van der Waals surface area contributed by atoms with E-state index in [1.807, 2.05) is 6.92 Å². The molecule has 2 aliphatic rings. The molecule has 0 saturated carbocycles. The van der Waals surface area contributed by atoms with Gasteiger partial charge in [-0.25, -0.2) is 21.6 Å². The Morgan fingerprint density at radius 3 is 2.41 bits per heavy atom. The lowest BCUT2D eigenvalue weighted by atomic mass is 9.68. The van der Waals surface area contributed by atoms with Crippen molar-refractivity contribution in [2.24, 2.45) is 5.73 Å². The van der Waals surface area contributed by atoms with Gasteiger partial charge in [-0.2, -0.15) is 4.31 Å². The van der Waals surface area contributed by atoms with Gasteiger partial charge in [-0.3, -0.25) is 4.79 Å². The van der Waals surface area contributed by atoms with Crippen LogP contribution in [0.1, 0.15) is 37.3 Å². The maximum Gasteiger partial charge on any atom is 0.243 e. The highest BCUT2D eigenvalue weighted by Gasteiger charge is 2.44. The molecule has 8 nitrogen and oxygen atoms in total. The Labute approximate surface area is 255 Å². The summed E-state index contributed by atoms with van der Waals surface area (Å²) in [5, 5.41) is 6.02. The third-order valence-electron chi connectivity index (χ3n) is 8.74. The van der Waals surface area contributed by atoms with Crippen molar-refractivity contribution in [3.63, 3.8) is 0 Å². The highest BCUT2D eigenvalue weighted by atomic mass is 32.2. The predicted octanol–water partition coefficient (Wildman–Crippen LogP) is 4.10. The molecular weight excluding hydrogens is 593 g/mol. The zero-order valence-corrected chi connectivity index (χ0v) is 25.3. The Kier molecular flexibility index (Phi) is 9.76. The van der Waals surface area contributed by atoms with Gasteiger partial charge in [0.1, 0.15) is 17.5 Å². The quantitative estimate of drug-likeness (QED) is 0.328. The van der Waals surface area contributed by atoms with Crippen LogP contribution in [0.2, 0.25) is 0 Å². The van der Waals surface area contributed by atoms with Gasteiger partial charge in [0.2, 0.25) is 15.9 Å². The summed E-state index contributed by atoms with van der Waals surface area (Å²) in [6.45, 7) is 3.18.